The third-order valence-electron chi connectivity index (χ3n) is 1.81. The van der Waals surface area contributed by atoms with E-state index in [-0.39, 0.29) is 5.92 Å². The summed E-state index contributed by atoms with van der Waals surface area (Å²) < 4.78 is 0. The van der Waals surface area contributed by atoms with Crippen LogP contribution in [-0.4, -0.2) is 41.1 Å². The van der Waals surface area contributed by atoms with Crippen molar-refractivity contribution < 1.29 is 15.1 Å². The quantitative estimate of drug-likeness (QED) is 0.530. The van der Waals surface area contributed by atoms with Crippen molar-refractivity contribution >= 4 is 6.09 Å². The lowest BCUT2D eigenvalue weighted by Crippen LogP contribution is -2.29. The fraction of sp³-hybridized carbons (Fsp3) is 0.833. The van der Waals surface area contributed by atoms with Crippen molar-refractivity contribution in [3.63, 3.8) is 0 Å². The van der Waals surface area contributed by atoms with E-state index in [9.17, 15) is 4.79 Å². The van der Waals surface area contributed by atoms with Gasteiger partial charge < -0.3 is 15.6 Å². The van der Waals surface area contributed by atoms with Gasteiger partial charge in [0.05, 0.1) is 0 Å². The van der Waals surface area contributed by atoms with E-state index in [0.717, 1.165) is 6.42 Å². The number of amides is 1. The number of hydroxylamine groups is 2. The first-order valence-electron chi connectivity index (χ1n) is 3.59. The second-order valence-electron chi connectivity index (χ2n) is 2.75. The van der Waals surface area contributed by atoms with Crippen LogP contribution in [-0.2, 0) is 0 Å². The van der Waals surface area contributed by atoms with Gasteiger partial charge in [0.1, 0.15) is 0 Å². The zero-order valence-electron chi connectivity index (χ0n) is 6.16. The van der Waals surface area contributed by atoms with Gasteiger partial charge in [-0.05, 0) is 12.3 Å². The molecule has 0 unspecified atom stereocenters. The van der Waals surface area contributed by atoms with Gasteiger partial charge in [-0.25, -0.2) is 4.79 Å². The van der Waals surface area contributed by atoms with Crippen LogP contribution < -0.4 is 5.32 Å². The number of nitrogens with zero attached hydrogens (tertiary/aromatic N) is 1. The molecule has 11 heavy (non-hydrogen) atoms. The maximum atomic E-state index is 10.1. The van der Waals surface area contributed by atoms with E-state index >= 15 is 0 Å². The van der Waals surface area contributed by atoms with E-state index in [2.05, 4.69) is 5.32 Å². The van der Waals surface area contributed by atoms with Crippen LogP contribution in [0.1, 0.15) is 6.42 Å². The summed E-state index contributed by atoms with van der Waals surface area (Å²) >= 11 is 0. The van der Waals surface area contributed by atoms with E-state index in [1.54, 1.807) is 0 Å². The van der Waals surface area contributed by atoms with Gasteiger partial charge >= 0.3 is 6.09 Å². The Kier molecular flexibility index (Phi) is 2.67. The Hall–Kier alpha value is -0.810. The van der Waals surface area contributed by atoms with Crippen LogP contribution >= 0.6 is 0 Å². The molecule has 1 heterocycles. The normalized spacial score (nSPS) is 25.4. The Morgan fingerprint density at radius 1 is 1.73 bits per heavy atom. The highest BCUT2D eigenvalue weighted by molar-refractivity contribution is 5.64. The molecular weight excluding hydrogens is 148 g/mol. The van der Waals surface area contributed by atoms with Gasteiger partial charge in [-0.1, -0.05) is 0 Å². The average Bonchev–Trinajstić information content (AvgIpc) is 2.31. The molecule has 5 nitrogen and oxygen atoms in total. The Morgan fingerprint density at radius 2 is 2.45 bits per heavy atom. The number of hydrogen-bond acceptors (Lipinski definition) is 3. The minimum Gasteiger partial charge on any atom is -0.465 e. The van der Waals surface area contributed by atoms with Crippen LogP contribution in [0.4, 0.5) is 4.79 Å². The molecule has 0 aromatic carbocycles. The molecule has 64 valence electrons. The van der Waals surface area contributed by atoms with Crippen molar-refractivity contribution in [3.8, 4) is 0 Å². The highest BCUT2D eigenvalue weighted by Gasteiger charge is 2.20. The summed E-state index contributed by atoms with van der Waals surface area (Å²) in [7, 11) is 0. The van der Waals surface area contributed by atoms with Crippen LogP contribution in [0.25, 0.3) is 0 Å². The number of nitrogens with one attached hydrogen (secondary N) is 1. The molecule has 0 aromatic heterocycles. The molecule has 1 aliphatic rings. The summed E-state index contributed by atoms with van der Waals surface area (Å²) in [6.45, 7) is 1.65. The summed E-state index contributed by atoms with van der Waals surface area (Å²) in [4.78, 5) is 10.1. The molecule has 1 saturated heterocycles. The Balaban J connectivity index is 2.13. The molecule has 0 aliphatic carbocycles. The first kappa shape index (κ1) is 8.29. The summed E-state index contributed by atoms with van der Waals surface area (Å²) in [5.74, 6) is 0.260. The molecule has 1 aliphatic heterocycles. The smallest absolute Gasteiger partial charge is 0.404 e. The zero-order valence-corrected chi connectivity index (χ0v) is 6.16. The third-order valence-corrected chi connectivity index (χ3v) is 1.81. The molecular formula is C6H12N2O3. The monoisotopic (exact) mass is 160 g/mol. The molecule has 1 rings (SSSR count). The van der Waals surface area contributed by atoms with Crippen molar-refractivity contribution in [2.45, 2.75) is 6.42 Å². The first-order chi connectivity index (χ1) is 5.18. The highest BCUT2D eigenvalue weighted by Crippen LogP contribution is 2.12. The van der Waals surface area contributed by atoms with Gasteiger partial charge in [0, 0.05) is 19.6 Å². The van der Waals surface area contributed by atoms with E-state index in [4.69, 9.17) is 10.3 Å². The van der Waals surface area contributed by atoms with Gasteiger partial charge in [-0.2, -0.15) is 5.06 Å². The molecule has 0 radical (unpaired) electrons. The predicted octanol–water partition coefficient (Wildman–Crippen LogP) is -0.0349. The standard InChI is InChI=1S/C6H12N2O3/c9-6(10)7-3-5-1-2-8(11)4-5/h5,7,11H,1-4H2,(H,9,10)/t5-/m0/s1. The fourth-order valence-electron chi connectivity index (χ4n) is 1.21. The second-order valence-corrected chi connectivity index (χ2v) is 2.75. The Bertz CT molecular complexity index is 151. The van der Waals surface area contributed by atoms with Crippen LogP contribution in [0.15, 0.2) is 0 Å². The minimum atomic E-state index is -0.999. The lowest BCUT2D eigenvalue weighted by atomic mass is 10.1. The SMILES string of the molecule is O=C(O)NC[C@@H]1CCN(O)C1. The van der Waals surface area contributed by atoms with Crippen molar-refractivity contribution in [1.82, 2.24) is 10.4 Å². The summed E-state index contributed by atoms with van der Waals surface area (Å²) in [6.07, 6.45) is -0.141. The zero-order chi connectivity index (χ0) is 8.27. The Labute approximate surface area is 64.6 Å². The molecule has 0 aromatic rings. The minimum absolute atomic E-state index is 0.260. The number of carbonyl (C=O) groups is 1. The molecule has 1 amide bonds. The van der Waals surface area contributed by atoms with Gasteiger partial charge in [-0.15, -0.1) is 0 Å². The van der Waals surface area contributed by atoms with Crippen LogP contribution in [0.5, 0.6) is 0 Å². The molecule has 1 atom stereocenters. The number of hydrogen-bond donors (Lipinski definition) is 3. The lowest BCUT2D eigenvalue weighted by molar-refractivity contribution is -0.0711. The first-order valence-corrected chi connectivity index (χ1v) is 3.59. The topological polar surface area (TPSA) is 72.8 Å². The molecule has 0 saturated carbocycles. The van der Waals surface area contributed by atoms with Gasteiger partial charge in [-0.3, -0.25) is 0 Å². The van der Waals surface area contributed by atoms with Crippen molar-refractivity contribution in [2.24, 2.45) is 5.92 Å². The summed E-state index contributed by atoms with van der Waals surface area (Å²) in [5, 5.41) is 20.7. The molecule has 1 fully saturated rings. The van der Waals surface area contributed by atoms with Gasteiger partial charge in [0.15, 0.2) is 0 Å². The molecule has 0 spiro atoms. The highest BCUT2D eigenvalue weighted by atomic mass is 16.5. The van der Waals surface area contributed by atoms with E-state index < -0.39 is 6.09 Å². The second kappa shape index (κ2) is 3.54. The summed E-state index contributed by atoms with van der Waals surface area (Å²) in [5.41, 5.74) is 0. The van der Waals surface area contributed by atoms with Crippen LogP contribution in [0.2, 0.25) is 0 Å². The van der Waals surface area contributed by atoms with E-state index in [1.165, 1.54) is 5.06 Å². The maximum absolute atomic E-state index is 10.1. The van der Waals surface area contributed by atoms with E-state index in [0.29, 0.717) is 19.6 Å². The third kappa shape index (κ3) is 2.73. The van der Waals surface area contributed by atoms with Crippen LogP contribution in [0, 0.1) is 5.92 Å². The molecule has 0 bridgehead atoms. The fourth-order valence-corrected chi connectivity index (χ4v) is 1.21. The number of carboxylic acid groups (broad SMARTS) is 1. The van der Waals surface area contributed by atoms with Gasteiger partial charge in [0.2, 0.25) is 0 Å². The molecule has 5 heteroatoms. The molecule has 3 N–H and O–H groups in total. The van der Waals surface area contributed by atoms with Crippen LogP contribution in [0.3, 0.4) is 0 Å². The van der Waals surface area contributed by atoms with Gasteiger partial charge in [0.25, 0.3) is 0 Å². The van der Waals surface area contributed by atoms with E-state index in [1.807, 2.05) is 0 Å². The largest absolute Gasteiger partial charge is 0.465 e. The summed E-state index contributed by atoms with van der Waals surface area (Å²) in [6, 6.07) is 0. The maximum Gasteiger partial charge on any atom is 0.404 e. The number of rotatable bonds is 2. The van der Waals surface area contributed by atoms with Crippen molar-refractivity contribution in [2.75, 3.05) is 19.6 Å². The predicted molar refractivity (Wildman–Crippen MR) is 37.5 cm³/mol. The van der Waals surface area contributed by atoms with Crippen molar-refractivity contribution in [1.29, 1.82) is 0 Å². The Morgan fingerprint density at radius 3 is 2.91 bits per heavy atom. The lowest BCUT2D eigenvalue weighted by Gasteiger charge is -2.08. The van der Waals surface area contributed by atoms with Crippen molar-refractivity contribution in [3.05, 3.63) is 0 Å². The average molecular weight is 160 g/mol.